The van der Waals surface area contributed by atoms with E-state index in [9.17, 15) is 0 Å². The number of hydrogen-bond acceptors (Lipinski definition) is 1. The van der Waals surface area contributed by atoms with Gasteiger partial charge in [-0.05, 0) is 17.4 Å². The number of halogens is 3. The summed E-state index contributed by atoms with van der Waals surface area (Å²) >= 11 is 14.3. The van der Waals surface area contributed by atoms with Gasteiger partial charge in [0.1, 0.15) is 0 Å². The van der Waals surface area contributed by atoms with E-state index in [0.29, 0.717) is 3.74 Å². The van der Waals surface area contributed by atoms with Gasteiger partial charge in [0.05, 0.1) is 8.76 Å². The Balaban J connectivity index is 2.65. The van der Waals surface area contributed by atoms with E-state index in [2.05, 4.69) is 37.2 Å². The van der Waals surface area contributed by atoms with Crippen molar-refractivity contribution in [3.8, 4) is 0 Å². The molecule has 0 aliphatic carbocycles. The van der Waals surface area contributed by atoms with Gasteiger partial charge in [-0.1, -0.05) is 43.5 Å². The van der Waals surface area contributed by atoms with Crippen molar-refractivity contribution in [1.82, 2.24) is 0 Å². The Labute approximate surface area is 85.8 Å². The predicted molar refractivity (Wildman–Crippen MR) is 54.7 cm³/mol. The molecule has 1 aromatic heterocycles. The SMILES string of the molecule is Clc1cscc1CC(Br)Br. The first-order valence-electron chi connectivity index (χ1n) is 2.69. The first kappa shape index (κ1) is 9.04. The lowest BCUT2D eigenvalue weighted by Crippen LogP contribution is -1.90. The van der Waals surface area contributed by atoms with Gasteiger partial charge < -0.3 is 0 Å². The van der Waals surface area contributed by atoms with Crippen LogP contribution < -0.4 is 0 Å². The lowest BCUT2D eigenvalue weighted by Gasteiger charge is -1.97. The molecule has 0 saturated heterocycles. The molecule has 1 heterocycles. The maximum absolute atomic E-state index is 5.85. The molecular weight excluding hydrogens is 299 g/mol. The molecule has 56 valence electrons. The van der Waals surface area contributed by atoms with Crippen LogP contribution in [0.5, 0.6) is 0 Å². The van der Waals surface area contributed by atoms with Crippen LogP contribution >= 0.6 is 54.8 Å². The summed E-state index contributed by atoms with van der Waals surface area (Å²) in [7, 11) is 0. The van der Waals surface area contributed by atoms with Gasteiger partial charge in [0, 0.05) is 5.38 Å². The highest BCUT2D eigenvalue weighted by atomic mass is 79.9. The minimum atomic E-state index is 0.326. The van der Waals surface area contributed by atoms with Crippen LogP contribution in [-0.4, -0.2) is 3.74 Å². The highest BCUT2D eigenvalue weighted by Crippen LogP contribution is 2.25. The summed E-state index contributed by atoms with van der Waals surface area (Å²) in [5.74, 6) is 0. The Morgan fingerprint density at radius 1 is 1.50 bits per heavy atom. The molecule has 0 fully saturated rings. The molecular formula is C6H5Br2ClS. The lowest BCUT2D eigenvalue weighted by atomic mass is 10.3. The summed E-state index contributed by atoms with van der Waals surface area (Å²) in [6.45, 7) is 0. The van der Waals surface area contributed by atoms with Crippen molar-refractivity contribution in [2.24, 2.45) is 0 Å². The van der Waals surface area contributed by atoms with Gasteiger partial charge in [0.25, 0.3) is 0 Å². The molecule has 0 bridgehead atoms. The number of hydrogen-bond donors (Lipinski definition) is 0. The second-order valence-electron chi connectivity index (χ2n) is 1.84. The summed E-state index contributed by atoms with van der Waals surface area (Å²) in [4.78, 5) is 0. The maximum Gasteiger partial charge on any atom is 0.0738 e. The quantitative estimate of drug-likeness (QED) is 0.723. The van der Waals surface area contributed by atoms with Gasteiger partial charge >= 0.3 is 0 Å². The third-order valence-electron chi connectivity index (χ3n) is 1.06. The average Bonchev–Trinajstić information content (AvgIpc) is 2.15. The van der Waals surface area contributed by atoms with Gasteiger partial charge in [-0.25, -0.2) is 0 Å². The van der Waals surface area contributed by atoms with E-state index in [1.165, 1.54) is 5.56 Å². The summed E-state index contributed by atoms with van der Waals surface area (Å²) < 4.78 is 0.326. The lowest BCUT2D eigenvalue weighted by molar-refractivity contribution is 1.15. The van der Waals surface area contributed by atoms with E-state index < -0.39 is 0 Å². The molecule has 0 aliphatic rings. The van der Waals surface area contributed by atoms with E-state index in [0.717, 1.165) is 11.4 Å². The predicted octanol–water partition coefficient (Wildman–Crippen LogP) is 4.06. The van der Waals surface area contributed by atoms with Crippen molar-refractivity contribution in [3.05, 3.63) is 21.3 Å². The summed E-state index contributed by atoms with van der Waals surface area (Å²) in [5.41, 5.74) is 1.20. The Bertz CT molecular complexity index is 209. The van der Waals surface area contributed by atoms with E-state index in [1.54, 1.807) is 11.3 Å². The molecule has 0 N–H and O–H groups in total. The molecule has 0 radical (unpaired) electrons. The topological polar surface area (TPSA) is 0 Å². The Morgan fingerprint density at radius 2 is 2.20 bits per heavy atom. The molecule has 0 atom stereocenters. The molecule has 0 unspecified atom stereocenters. The van der Waals surface area contributed by atoms with Crippen LogP contribution in [0.25, 0.3) is 0 Å². The molecule has 0 aliphatic heterocycles. The second-order valence-corrected chi connectivity index (χ2v) is 6.43. The Kier molecular flexibility index (Phi) is 3.70. The molecule has 0 saturated carbocycles. The van der Waals surface area contributed by atoms with Crippen LogP contribution in [-0.2, 0) is 6.42 Å². The smallest absolute Gasteiger partial charge is 0.0738 e. The standard InChI is InChI=1S/C6H5Br2ClS/c7-6(8)1-4-2-10-3-5(4)9/h2-3,6H,1H2. The van der Waals surface area contributed by atoms with E-state index >= 15 is 0 Å². The zero-order valence-electron chi connectivity index (χ0n) is 4.98. The number of alkyl halides is 2. The van der Waals surface area contributed by atoms with E-state index in [-0.39, 0.29) is 0 Å². The first-order chi connectivity index (χ1) is 4.70. The van der Waals surface area contributed by atoms with Crippen molar-refractivity contribution in [1.29, 1.82) is 0 Å². The van der Waals surface area contributed by atoms with E-state index in [1.807, 2.05) is 5.38 Å². The molecule has 10 heavy (non-hydrogen) atoms. The monoisotopic (exact) mass is 302 g/mol. The number of thiophene rings is 1. The molecule has 0 nitrogen and oxygen atoms in total. The molecule has 1 rings (SSSR count). The van der Waals surface area contributed by atoms with Crippen molar-refractivity contribution >= 4 is 54.8 Å². The highest BCUT2D eigenvalue weighted by molar-refractivity contribution is 9.24. The highest BCUT2D eigenvalue weighted by Gasteiger charge is 2.04. The van der Waals surface area contributed by atoms with Gasteiger partial charge in [0.2, 0.25) is 0 Å². The zero-order valence-corrected chi connectivity index (χ0v) is 9.73. The van der Waals surface area contributed by atoms with Crippen LogP contribution in [0.15, 0.2) is 10.8 Å². The van der Waals surface area contributed by atoms with E-state index in [4.69, 9.17) is 11.6 Å². The van der Waals surface area contributed by atoms with Crippen LogP contribution in [0.4, 0.5) is 0 Å². The fourth-order valence-corrected chi connectivity index (χ4v) is 2.39. The fourth-order valence-electron chi connectivity index (χ4n) is 0.620. The zero-order chi connectivity index (χ0) is 7.56. The Hall–Kier alpha value is 0.950. The van der Waals surface area contributed by atoms with Crippen molar-refractivity contribution in [2.45, 2.75) is 10.2 Å². The van der Waals surface area contributed by atoms with Gasteiger partial charge in [-0.3, -0.25) is 0 Å². The normalized spacial score (nSPS) is 10.8. The summed E-state index contributed by atoms with van der Waals surface area (Å²) in [5, 5.41) is 4.88. The molecule has 0 amide bonds. The van der Waals surface area contributed by atoms with Gasteiger partial charge in [-0.15, -0.1) is 0 Å². The van der Waals surface area contributed by atoms with Crippen LogP contribution in [0.3, 0.4) is 0 Å². The Morgan fingerprint density at radius 3 is 2.60 bits per heavy atom. The van der Waals surface area contributed by atoms with Crippen molar-refractivity contribution < 1.29 is 0 Å². The summed E-state index contributed by atoms with van der Waals surface area (Å²) in [6.07, 6.45) is 0.933. The minimum absolute atomic E-state index is 0.326. The maximum atomic E-state index is 5.85. The van der Waals surface area contributed by atoms with Gasteiger partial charge in [-0.2, -0.15) is 11.3 Å². The van der Waals surface area contributed by atoms with Crippen molar-refractivity contribution in [2.75, 3.05) is 0 Å². The van der Waals surface area contributed by atoms with Crippen LogP contribution in [0.1, 0.15) is 5.56 Å². The molecule has 0 aromatic carbocycles. The van der Waals surface area contributed by atoms with Crippen LogP contribution in [0.2, 0.25) is 5.02 Å². The number of rotatable bonds is 2. The second kappa shape index (κ2) is 4.10. The summed E-state index contributed by atoms with van der Waals surface area (Å²) in [6, 6.07) is 0. The molecule has 0 spiro atoms. The molecule has 1 aromatic rings. The average molecular weight is 304 g/mol. The first-order valence-corrected chi connectivity index (χ1v) is 5.84. The third-order valence-corrected chi connectivity index (χ3v) is 2.98. The largest absolute Gasteiger partial charge is 0.151 e. The van der Waals surface area contributed by atoms with Gasteiger partial charge in [0.15, 0.2) is 0 Å². The van der Waals surface area contributed by atoms with Crippen LogP contribution in [0, 0.1) is 0 Å². The third kappa shape index (κ3) is 2.53. The molecule has 4 heteroatoms. The van der Waals surface area contributed by atoms with Crippen molar-refractivity contribution in [3.63, 3.8) is 0 Å². The fraction of sp³-hybridized carbons (Fsp3) is 0.333. The minimum Gasteiger partial charge on any atom is -0.151 e.